The predicted molar refractivity (Wildman–Crippen MR) is 72.9 cm³/mol. The van der Waals surface area contributed by atoms with Crippen molar-refractivity contribution in [3.05, 3.63) is 44.4 Å². The molecule has 4 rings (SSSR count). The summed E-state index contributed by atoms with van der Waals surface area (Å²) in [5.41, 5.74) is 1.23. The van der Waals surface area contributed by atoms with E-state index in [0.29, 0.717) is 11.8 Å². The lowest BCUT2D eigenvalue weighted by molar-refractivity contribution is 0.219. The van der Waals surface area contributed by atoms with Crippen molar-refractivity contribution in [3.63, 3.8) is 0 Å². The van der Waals surface area contributed by atoms with Crippen molar-refractivity contribution in [2.24, 2.45) is 5.92 Å². The van der Waals surface area contributed by atoms with Crippen LogP contribution in [0.4, 0.5) is 0 Å². The zero-order chi connectivity index (χ0) is 12.1. The van der Waals surface area contributed by atoms with Gasteiger partial charge in [-0.15, -0.1) is 11.8 Å². The highest BCUT2D eigenvalue weighted by Gasteiger charge is 2.38. The van der Waals surface area contributed by atoms with Crippen LogP contribution in [0, 0.1) is 5.92 Å². The Kier molecular flexibility index (Phi) is 2.32. The molecular weight excluding hydrogens is 266 g/mol. The number of fused-ring (bicyclic) bond motifs is 5. The van der Waals surface area contributed by atoms with Crippen LogP contribution < -0.4 is 9.61 Å². The number of benzene rings is 1. The van der Waals surface area contributed by atoms with Crippen molar-refractivity contribution >= 4 is 23.1 Å². The van der Waals surface area contributed by atoms with Crippen LogP contribution >= 0.6 is 23.1 Å². The summed E-state index contributed by atoms with van der Waals surface area (Å²) in [7, 11) is 0. The number of thioether (sulfide) groups is 1. The summed E-state index contributed by atoms with van der Waals surface area (Å²) >= 11 is 3.10. The van der Waals surface area contributed by atoms with E-state index in [4.69, 9.17) is 4.74 Å². The van der Waals surface area contributed by atoms with Gasteiger partial charge < -0.3 is 9.72 Å². The molecule has 1 N–H and O–H groups in total. The normalized spacial score (nSPS) is 24.7. The van der Waals surface area contributed by atoms with Crippen molar-refractivity contribution in [2.45, 2.75) is 10.9 Å². The van der Waals surface area contributed by atoms with Crippen LogP contribution in [-0.2, 0) is 0 Å². The average molecular weight is 277 g/mol. The van der Waals surface area contributed by atoms with E-state index in [1.165, 1.54) is 21.8 Å². The number of thiazole rings is 1. The van der Waals surface area contributed by atoms with Crippen molar-refractivity contribution in [3.8, 4) is 5.75 Å². The van der Waals surface area contributed by atoms with E-state index in [-0.39, 0.29) is 4.87 Å². The number of ether oxygens (including phenoxy) is 1. The number of hydrogen-bond acceptors (Lipinski definition) is 4. The van der Waals surface area contributed by atoms with Crippen LogP contribution in [0.5, 0.6) is 5.75 Å². The van der Waals surface area contributed by atoms with Gasteiger partial charge in [0.25, 0.3) is 0 Å². The Bertz CT molecular complexity index is 661. The summed E-state index contributed by atoms with van der Waals surface area (Å²) in [5, 5.41) is 1.06. The Morgan fingerprint density at radius 2 is 2.22 bits per heavy atom. The lowest BCUT2D eigenvalue weighted by Crippen LogP contribution is -2.30. The van der Waals surface area contributed by atoms with Crippen LogP contribution in [0.1, 0.15) is 16.4 Å². The molecule has 2 atom stereocenters. The standard InChI is InChI=1S/C13H11NO2S2/c15-13-14-12-11(18-13)10-7(6-17-12)5-16-9-4-2-1-3-8(9)10/h1-4,7,10H,5-6H2,(H,14,15)/t7-,10-/m0/s1. The Hall–Kier alpha value is -1.20. The minimum Gasteiger partial charge on any atom is -0.493 e. The maximum absolute atomic E-state index is 11.6. The Morgan fingerprint density at radius 1 is 1.33 bits per heavy atom. The average Bonchev–Trinajstić information content (AvgIpc) is 2.78. The highest BCUT2D eigenvalue weighted by molar-refractivity contribution is 7.99. The van der Waals surface area contributed by atoms with Crippen LogP contribution in [0.2, 0.25) is 0 Å². The second-order valence-corrected chi connectivity index (χ2v) is 6.65. The highest BCUT2D eigenvalue weighted by Crippen LogP contribution is 2.49. The van der Waals surface area contributed by atoms with E-state index in [2.05, 4.69) is 11.1 Å². The minimum absolute atomic E-state index is 0.0529. The van der Waals surface area contributed by atoms with E-state index in [1.807, 2.05) is 18.2 Å². The first-order chi connectivity index (χ1) is 8.83. The summed E-state index contributed by atoms with van der Waals surface area (Å²) in [5.74, 6) is 2.79. The molecule has 92 valence electrons. The maximum Gasteiger partial charge on any atom is 0.305 e. The molecule has 2 aromatic rings. The van der Waals surface area contributed by atoms with Gasteiger partial charge in [0, 0.05) is 28.0 Å². The molecule has 1 aromatic carbocycles. The fraction of sp³-hybridized carbons (Fsp3) is 0.308. The van der Waals surface area contributed by atoms with Crippen molar-refractivity contribution in [2.75, 3.05) is 12.4 Å². The van der Waals surface area contributed by atoms with Crippen molar-refractivity contribution in [1.82, 2.24) is 4.98 Å². The molecule has 0 bridgehead atoms. The number of H-pyrrole nitrogens is 1. The monoisotopic (exact) mass is 277 g/mol. The Morgan fingerprint density at radius 3 is 3.17 bits per heavy atom. The molecule has 0 spiro atoms. The molecule has 0 fully saturated rings. The van der Waals surface area contributed by atoms with E-state index in [0.717, 1.165) is 23.1 Å². The molecule has 3 heterocycles. The molecule has 0 amide bonds. The summed E-state index contributed by atoms with van der Waals surface area (Å²) in [6.45, 7) is 0.750. The Labute approximate surface area is 112 Å². The van der Waals surface area contributed by atoms with Crippen LogP contribution in [0.25, 0.3) is 0 Å². The molecule has 0 saturated carbocycles. The largest absolute Gasteiger partial charge is 0.493 e. The predicted octanol–water partition coefficient (Wildman–Crippen LogP) is 2.68. The number of hydrogen-bond donors (Lipinski definition) is 1. The SMILES string of the molecule is O=c1[nH]c2c(s1)[C@@H]1c3ccccc3OC[C@H]1CS2. The molecule has 0 unspecified atom stereocenters. The van der Waals surface area contributed by atoms with Gasteiger partial charge in [-0.1, -0.05) is 29.5 Å². The van der Waals surface area contributed by atoms with Gasteiger partial charge in [-0.05, 0) is 6.07 Å². The minimum atomic E-state index is 0.0529. The molecule has 3 nitrogen and oxygen atoms in total. The first-order valence-electron chi connectivity index (χ1n) is 5.90. The summed E-state index contributed by atoms with van der Waals surface area (Å²) in [4.78, 5) is 15.8. The van der Waals surface area contributed by atoms with Gasteiger partial charge in [0.1, 0.15) is 5.75 Å². The van der Waals surface area contributed by atoms with Gasteiger partial charge in [-0.25, -0.2) is 0 Å². The van der Waals surface area contributed by atoms with Gasteiger partial charge in [0.15, 0.2) is 0 Å². The topological polar surface area (TPSA) is 42.1 Å². The number of aromatic nitrogens is 1. The van der Waals surface area contributed by atoms with Crippen LogP contribution in [0.15, 0.2) is 34.1 Å². The van der Waals surface area contributed by atoms with Gasteiger partial charge in [-0.3, -0.25) is 4.79 Å². The third-order valence-corrected chi connectivity index (χ3v) is 5.84. The second-order valence-electron chi connectivity index (χ2n) is 4.61. The van der Waals surface area contributed by atoms with Crippen molar-refractivity contribution in [1.29, 1.82) is 0 Å². The van der Waals surface area contributed by atoms with Gasteiger partial charge in [-0.2, -0.15) is 0 Å². The molecule has 2 aliphatic rings. The third-order valence-electron chi connectivity index (χ3n) is 3.54. The number of para-hydroxylation sites is 1. The number of nitrogens with one attached hydrogen (secondary N) is 1. The smallest absolute Gasteiger partial charge is 0.305 e. The van der Waals surface area contributed by atoms with Gasteiger partial charge in [0.2, 0.25) is 0 Å². The number of aromatic amines is 1. The molecule has 2 aliphatic heterocycles. The van der Waals surface area contributed by atoms with Gasteiger partial charge >= 0.3 is 4.87 Å². The second kappa shape index (κ2) is 3.90. The number of rotatable bonds is 0. The van der Waals surface area contributed by atoms with Crippen LogP contribution in [0.3, 0.4) is 0 Å². The van der Waals surface area contributed by atoms with E-state index in [1.54, 1.807) is 11.8 Å². The molecule has 18 heavy (non-hydrogen) atoms. The highest BCUT2D eigenvalue weighted by atomic mass is 32.2. The maximum atomic E-state index is 11.6. The van der Waals surface area contributed by atoms with E-state index in [9.17, 15) is 4.79 Å². The molecule has 0 aliphatic carbocycles. The summed E-state index contributed by atoms with van der Waals surface area (Å²) < 4.78 is 5.82. The fourth-order valence-corrected chi connectivity index (χ4v) is 5.16. The first-order valence-corrected chi connectivity index (χ1v) is 7.70. The summed E-state index contributed by atoms with van der Waals surface area (Å²) in [6.07, 6.45) is 0. The molecule has 0 saturated heterocycles. The third kappa shape index (κ3) is 1.47. The molecule has 1 aromatic heterocycles. The summed E-state index contributed by atoms with van der Waals surface area (Å²) in [6, 6.07) is 8.18. The zero-order valence-corrected chi connectivity index (χ0v) is 11.1. The quantitative estimate of drug-likeness (QED) is 0.805. The molecular formula is C13H11NO2S2. The van der Waals surface area contributed by atoms with Crippen LogP contribution in [-0.4, -0.2) is 17.3 Å². The van der Waals surface area contributed by atoms with E-state index >= 15 is 0 Å². The molecule has 0 radical (unpaired) electrons. The Balaban J connectivity index is 1.93. The van der Waals surface area contributed by atoms with E-state index < -0.39 is 0 Å². The van der Waals surface area contributed by atoms with Crippen molar-refractivity contribution < 1.29 is 4.74 Å². The first kappa shape index (κ1) is 10.7. The van der Waals surface area contributed by atoms with Gasteiger partial charge in [0.05, 0.1) is 11.6 Å². The molecule has 5 heteroatoms. The fourth-order valence-electron chi connectivity index (χ4n) is 2.74. The lowest BCUT2D eigenvalue weighted by atomic mass is 9.84. The lowest BCUT2D eigenvalue weighted by Gasteiger charge is -2.35. The zero-order valence-electron chi connectivity index (χ0n) is 9.51.